The molecule has 0 bridgehead atoms. The van der Waals surface area contributed by atoms with Crippen LogP contribution >= 0.6 is 15.9 Å². The zero-order valence-corrected chi connectivity index (χ0v) is 13.7. The van der Waals surface area contributed by atoms with Crippen LogP contribution in [-0.4, -0.2) is 34.6 Å². The molecule has 0 aromatic carbocycles. The lowest BCUT2D eigenvalue weighted by Crippen LogP contribution is -2.49. The Morgan fingerprint density at radius 1 is 1.32 bits per heavy atom. The summed E-state index contributed by atoms with van der Waals surface area (Å²) in [5.41, 5.74) is 1.42. The lowest BCUT2D eigenvalue weighted by atomic mass is 9.98. The highest BCUT2D eigenvalue weighted by Gasteiger charge is 2.26. The summed E-state index contributed by atoms with van der Waals surface area (Å²) in [5.74, 6) is 0. The molecule has 0 radical (unpaired) electrons. The van der Waals surface area contributed by atoms with E-state index in [1.54, 1.807) is 0 Å². The van der Waals surface area contributed by atoms with E-state index in [0.29, 0.717) is 11.6 Å². The number of rotatable bonds is 3. The molecule has 3 nitrogen and oxygen atoms in total. The van der Waals surface area contributed by atoms with Gasteiger partial charge >= 0.3 is 0 Å². The van der Waals surface area contributed by atoms with Gasteiger partial charge < -0.3 is 5.32 Å². The second-order valence-electron chi connectivity index (χ2n) is 6.28. The van der Waals surface area contributed by atoms with Gasteiger partial charge in [-0.3, -0.25) is 9.88 Å². The van der Waals surface area contributed by atoms with Crippen molar-refractivity contribution < 1.29 is 0 Å². The highest BCUT2D eigenvalue weighted by Crippen LogP contribution is 2.20. The summed E-state index contributed by atoms with van der Waals surface area (Å²) in [6, 6.07) is 4.75. The van der Waals surface area contributed by atoms with Crippen LogP contribution in [0.4, 0.5) is 0 Å². The molecule has 0 aliphatic carbocycles. The van der Waals surface area contributed by atoms with Crippen molar-refractivity contribution in [3.8, 4) is 0 Å². The van der Waals surface area contributed by atoms with Crippen LogP contribution in [0.25, 0.3) is 0 Å². The zero-order valence-electron chi connectivity index (χ0n) is 12.1. The first-order valence-corrected chi connectivity index (χ1v) is 7.83. The van der Waals surface area contributed by atoms with Gasteiger partial charge in [0.2, 0.25) is 0 Å². The molecule has 4 heteroatoms. The average molecular weight is 326 g/mol. The highest BCUT2D eigenvalue weighted by atomic mass is 79.9. The molecule has 1 aromatic heterocycles. The van der Waals surface area contributed by atoms with Gasteiger partial charge in [-0.05, 0) is 61.7 Å². The average Bonchev–Trinajstić information content (AvgIpc) is 2.37. The molecule has 1 aliphatic heterocycles. The molecule has 0 saturated carbocycles. The summed E-state index contributed by atoms with van der Waals surface area (Å²) in [6.45, 7) is 10.1. The van der Waals surface area contributed by atoms with Gasteiger partial charge in [0.05, 0.1) is 5.69 Å². The predicted octanol–water partition coefficient (Wildman–Crippen LogP) is 3.20. The fraction of sp³-hybridized carbons (Fsp3) is 0.667. The summed E-state index contributed by atoms with van der Waals surface area (Å²) >= 11 is 3.41. The molecular formula is C15H24BrN3. The Morgan fingerprint density at radius 3 is 2.53 bits per heavy atom. The van der Waals surface area contributed by atoms with E-state index in [4.69, 9.17) is 0 Å². The normalized spacial score (nSPS) is 18.7. The first kappa shape index (κ1) is 14.9. The Hall–Kier alpha value is -0.450. The molecule has 0 spiro atoms. The Morgan fingerprint density at radius 2 is 2.00 bits per heavy atom. The summed E-state index contributed by atoms with van der Waals surface area (Å²) in [7, 11) is 0. The molecule has 0 amide bonds. The summed E-state index contributed by atoms with van der Waals surface area (Å²) in [4.78, 5) is 6.97. The molecule has 1 N–H and O–H groups in total. The van der Waals surface area contributed by atoms with Crippen LogP contribution in [-0.2, 0) is 6.54 Å². The molecule has 19 heavy (non-hydrogen) atoms. The van der Waals surface area contributed by atoms with Crippen molar-refractivity contribution >= 4 is 15.9 Å². The Kier molecular flexibility index (Phi) is 4.98. The van der Waals surface area contributed by atoms with E-state index in [1.165, 1.54) is 25.9 Å². The third-order valence-electron chi connectivity index (χ3n) is 3.80. The van der Waals surface area contributed by atoms with Crippen molar-refractivity contribution in [2.45, 2.75) is 51.7 Å². The van der Waals surface area contributed by atoms with Crippen molar-refractivity contribution in [1.29, 1.82) is 0 Å². The first-order valence-electron chi connectivity index (χ1n) is 7.04. The Bertz CT molecular complexity index is 389. The quantitative estimate of drug-likeness (QED) is 0.925. The van der Waals surface area contributed by atoms with Gasteiger partial charge in [0.15, 0.2) is 0 Å². The molecular weight excluding hydrogens is 302 g/mol. The van der Waals surface area contributed by atoms with E-state index in [9.17, 15) is 0 Å². The minimum Gasteiger partial charge on any atom is -0.308 e. The van der Waals surface area contributed by atoms with Gasteiger partial charge in [0, 0.05) is 41.9 Å². The van der Waals surface area contributed by atoms with Crippen molar-refractivity contribution in [3.05, 3.63) is 28.5 Å². The van der Waals surface area contributed by atoms with Gasteiger partial charge in [-0.25, -0.2) is 0 Å². The van der Waals surface area contributed by atoms with Crippen LogP contribution < -0.4 is 5.32 Å². The maximum atomic E-state index is 4.40. The van der Waals surface area contributed by atoms with Crippen LogP contribution in [0.3, 0.4) is 0 Å². The largest absolute Gasteiger partial charge is 0.308 e. The number of likely N-dealkylation sites (tertiary alicyclic amines) is 1. The standard InChI is InChI=1S/C15H24BrN3/c1-15(2,3)19-8-6-13(7-9-19)18-11-14-5-4-12(16)10-17-14/h4-5,10,13,18H,6-9,11H2,1-3H3. The first-order chi connectivity index (χ1) is 8.95. The van der Waals surface area contributed by atoms with E-state index in [-0.39, 0.29) is 0 Å². The number of pyridine rings is 1. The topological polar surface area (TPSA) is 28.2 Å². The highest BCUT2D eigenvalue weighted by molar-refractivity contribution is 9.10. The second kappa shape index (κ2) is 6.33. The zero-order chi connectivity index (χ0) is 13.9. The van der Waals surface area contributed by atoms with Crippen molar-refractivity contribution in [1.82, 2.24) is 15.2 Å². The third-order valence-corrected chi connectivity index (χ3v) is 4.27. The fourth-order valence-electron chi connectivity index (χ4n) is 2.51. The van der Waals surface area contributed by atoms with Gasteiger partial charge in [-0.2, -0.15) is 0 Å². The number of halogens is 1. The summed E-state index contributed by atoms with van der Waals surface area (Å²) in [6.07, 6.45) is 4.32. The third kappa shape index (κ3) is 4.55. The monoisotopic (exact) mass is 325 g/mol. The predicted molar refractivity (Wildman–Crippen MR) is 83.1 cm³/mol. The van der Waals surface area contributed by atoms with E-state index in [2.05, 4.69) is 58.0 Å². The Balaban J connectivity index is 1.75. The number of piperidine rings is 1. The molecule has 106 valence electrons. The molecule has 0 atom stereocenters. The second-order valence-corrected chi connectivity index (χ2v) is 7.20. The van der Waals surface area contributed by atoms with E-state index in [1.807, 2.05) is 12.3 Å². The van der Waals surface area contributed by atoms with Crippen molar-refractivity contribution in [2.24, 2.45) is 0 Å². The van der Waals surface area contributed by atoms with Crippen molar-refractivity contribution in [3.63, 3.8) is 0 Å². The lowest BCUT2D eigenvalue weighted by molar-refractivity contribution is 0.0959. The van der Waals surface area contributed by atoms with E-state index < -0.39 is 0 Å². The summed E-state index contributed by atoms with van der Waals surface area (Å²) < 4.78 is 1.04. The van der Waals surface area contributed by atoms with Gasteiger partial charge in [-0.1, -0.05) is 0 Å². The van der Waals surface area contributed by atoms with Crippen LogP contribution in [0.1, 0.15) is 39.3 Å². The molecule has 2 heterocycles. The van der Waals surface area contributed by atoms with Gasteiger partial charge in [-0.15, -0.1) is 0 Å². The molecule has 2 rings (SSSR count). The molecule has 1 fully saturated rings. The SMILES string of the molecule is CC(C)(C)N1CCC(NCc2ccc(Br)cn2)CC1. The maximum absolute atomic E-state index is 4.40. The smallest absolute Gasteiger partial charge is 0.0542 e. The molecule has 1 aromatic rings. The van der Waals surface area contributed by atoms with E-state index in [0.717, 1.165) is 16.7 Å². The van der Waals surface area contributed by atoms with E-state index >= 15 is 0 Å². The van der Waals surface area contributed by atoms with Crippen LogP contribution in [0, 0.1) is 0 Å². The molecule has 1 aliphatic rings. The van der Waals surface area contributed by atoms with Gasteiger partial charge in [0.1, 0.15) is 0 Å². The van der Waals surface area contributed by atoms with Gasteiger partial charge in [0.25, 0.3) is 0 Å². The summed E-state index contributed by atoms with van der Waals surface area (Å²) in [5, 5.41) is 3.62. The lowest BCUT2D eigenvalue weighted by Gasteiger charge is -2.41. The fourth-order valence-corrected chi connectivity index (χ4v) is 2.75. The number of nitrogens with one attached hydrogen (secondary N) is 1. The van der Waals surface area contributed by atoms with Crippen molar-refractivity contribution in [2.75, 3.05) is 13.1 Å². The maximum Gasteiger partial charge on any atom is 0.0542 e. The van der Waals surface area contributed by atoms with Crippen LogP contribution in [0.2, 0.25) is 0 Å². The Labute approximate surface area is 124 Å². The minimum absolute atomic E-state index is 0.304. The molecule has 1 saturated heterocycles. The van der Waals surface area contributed by atoms with Crippen LogP contribution in [0.15, 0.2) is 22.8 Å². The van der Waals surface area contributed by atoms with Crippen LogP contribution in [0.5, 0.6) is 0 Å². The number of hydrogen-bond donors (Lipinski definition) is 1. The minimum atomic E-state index is 0.304. The number of nitrogens with zero attached hydrogens (tertiary/aromatic N) is 2. The molecule has 0 unspecified atom stereocenters. The number of aromatic nitrogens is 1. The number of hydrogen-bond acceptors (Lipinski definition) is 3.